The Labute approximate surface area is 125 Å². The van der Waals surface area contributed by atoms with Crippen molar-refractivity contribution in [2.45, 2.75) is 70.3 Å². The van der Waals surface area contributed by atoms with E-state index < -0.39 is 0 Å². The van der Waals surface area contributed by atoms with E-state index in [1.54, 1.807) is 0 Å². The summed E-state index contributed by atoms with van der Waals surface area (Å²) in [4.78, 5) is 2.75. The Kier molecular flexibility index (Phi) is 6.79. The molecule has 1 aliphatic heterocycles. The van der Waals surface area contributed by atoms with Crippen LogP contribution in [-0.2, 0) is 0 Å². The lowest BCUT2D eigenvalue weighted by Gasteiger charge is -2.39. The van der Waals surface area contributed by atoms with Crippen molar-refractivity contribution < 1.29 is 5.11 Å². The summed E-state index contributed by atoms with van der Waals surface area (Å²) in [6, 6.07) is 0.735. The van der Waals surface area contributed by atoms with Gasteiger partial charge in [0.15, 0.2) is 0 Å². The van der Waals surface area contributed by atoms with Gasteiger partial charge in [-0.25, -0.2) is 0 Å². The van der Waals surface area contributed by atoms with Crippen molar-refractivity contribution in [2.24, 2.45) is 5.41 Å². The zero-order valence-electron chi connectivity index (χ0n) is 13.4. The number of nitrogens with zero attached hydrogens (tertiary/aromatic N) is 1. The minimum absolute atomic E-state index is 0.353. The van der Waals surface area contributed by atoms with Gasteiger partial charge in [0.1, 0.15) is 0 Å². The summed E-state index contributed by atoms with van der Waals surface area (Å²) in [7, 11) is 2.11. The second kappa shape index (κ2) is 8.35. The average molecular weight is 282 g/mol. The van der Waals surface area contributed by atoms with Crippen LogP contribution in [0.1, 0.15) is 64.2 Å². The normalized spacial score (nSPS) is 27.6. The molecule has 1 saturated heterocycles. The summed E-state index contributed by atoms with van der Waals surface area (Å²) >= 11 is 0. The summed E-state index contributed by atoms with van der Waals surface area (Å²) in [6.07, 6.45) is 13.3. The predicted octanol–water partition coefficient (Wildman–Crippen LogP) is 2.78. The fourth-order valence-corrected chi connectivity index (χ4v) is 4.43. The predicted molar refractivity (Wildman–Crippen MR) is 85.0 cm³/mol. The first kappa shape index (κ1) is 16.3. The maximum absolute atomic E-state index is 9.08. The summed E-state index contributed by atoms with van der Waals surface area (Å²) < 4.78 is 0. The largest absolute Gasteiger partial charge is 0.396 e. The van der Waals surface area contributed by atoms with Crippen LogP contribution in [0.3, 0.4) is 0 Å². The lowest BCUT2D eigenvalue weighted by molar-refractivity contribution is 0.112. The number of nitrogens with one attached hydrogen (secondary N) is 1. The van der Waals surface area contributed by atoms with E-state index in [0.717, 1.165) is 12.5 Å². The van der Waals surface area contributed by atoms with Gasteiger partial charge in [0.05, 0.1) is 0 Å². The van der Waals surface area contributed by atoms with Gasteiger partial charge in [-0.2, -0.15) is 0 Å². The van der Waals surface area contributed by atoms with Crippen LogP contribution in [0.25, 0.3) is 0 Å². The van der Waals surface area contributed by atoms with Crippen molar-refractivity contribution in [1.82, 2.24) is 10.2 Å². The average Bonchev–Trinajstić information content (AvgIpc) is 2.74. The van der Waals surface area contributed by atoms with Gasteiger partial charge in [-0.15, -0.1) is 0 Å². The molecule has 20 heavy (non-hydrogen) atoms. The zero-order valence-corrected chi connectivity index (χ0v) is 13.4. The van der Waals surface area contributed by atoms with E-state index in [0.29, 0.717) is 12.0 Å². The van der Waals surface area contributed by atoms with Crippen molar-refractivity contribution in [3.8, 4) is 0 Å². The molecule has 0 bridgehead atoms. The fourth-order valence-electron chi connectivity index (χ4n) is 4.43. The molecule has 2 rings (SSSR count). The lowest BCUT2D eigenvalue weighted by Crippen LogP contribution is -2.45. The van der Waals surface area contributed by atoms with E-state index in [4.69, 9.17) is 5.11 Å². The smallest absolute Gasteiger partial charge is 0.0431 e. The number of hydrogen-bond donors (Lipinski definition) is 2. The van der Waals surface area contributed by atoms with E-state index in [1.165, 1.54) is 77.4 Å². The molecular formula is C17H34N2O. The molecule has 1 atom stereocenters. The molecular weight excluding hydrogens is 248 g/mol. The van der Waals surface area contributed by atoms with Gasteiger partial charge in [-0.05, 0) is 57.5 Å². The number of rotatable bonds is 7. The molecule has 118 valence electrons. The molecule has 2 N–H and O–H groups in total. The molecule has 1 unspecified atom stereocenters. The standard InChI is InChI=1S/C17H34N2O/c1-18-14-17(10-4-2-3-5-11-17)15-19-12-6-8-16(19)9-7-13-20/h16,18,20H,2-15H2,1H3. The molecule has 0 radical (unpaired) electrons. The van der Waals surface area contributed by atoms with Gasteiger partial charge < -0.3 is 10.4 Å². The number of aliphatic hydroxyl groups excluding tert-OH is 1. The molecule has 3 nitrogen and oxygen atoms in total. The molecule has 0 aromatic rings. The van der Waals surface area contributed by atoms with Crippen LogP contribution in [0.5, 0.6) is 0 Å². The van der Waals surface area contributed by atoms with Crippen LogP contribution in [-0.4, -0.2) is 49.3 Å². The summed E-state index contributed by atoms with van der Waals surface area (Å²) in [5.41, 5.74) is 0.507. The molecule has 3 heteroatoms. The molecule has 1 aliphatic carbocycles. The number of aliphatic hydroxyl groups is 1. The van der Waals surface area contributed by atoms with E-state index in [-0.39, 0.29) is 0 Å². The highest BCUT2D eigenvalue weighted by atomic mass is 16.2. The highest BCUT2D eigenvalue weighted by Gasteiger charge is 2.35. The van der Waals surface area contributed by atoms with Gasteiger partial charge in [-0.1, -0.05) is 25.7 Å². The first-order valence-corrected chi connectivity index (χ1v) is 8.79. The van der Waals surface area contributed by atoms with E-state index in [2.05, 4.69) is 17.3 Å². The van der Waals surface area contributed by atoms with E-state index in [9.17, 15) is 0 Å². The maximum Gasteiger partial charge on any atom is 0.0431 e. The van der Waals surface area contributed by atoms with Gasteiger partial charge in [0, 0.05) is 25.7 Å². The van der Waals surface area contributed by atoms with Crippen LogP contribution in [0.4, 0.5) is 0 Å². The quantitative estimate of drug-likeness (QED) is 0.705. The second-order valence-electron chi connectivity index (χ2n) is 7.08. The fraction of sp³-hybridized carbons (Fsp3) is 1.00. The topological polar surface area (TPSA) is 35.5 Å². The minimum atomic E-state index is 0.353. The Balaban J connectivity index is 1.95. The highest BCUT2D eigenvalue weighted by molar-refractivity contribution is 4.90. The van der Waals surface area contributed by atoms with Crippen LogP contribution in [0.2, 0.25) is 0 Å². The molecule has 2 aliphatic rings. The van der Waals surface area contributed by atoms with Crippen molar-refractivity contribution in [3.63, 3.8) is 0 Å². The third-order valence-electron chi connectivity index (χ3n) is 5.45. The molecule has 0 aromatic carbocycles. The van der Waals surface area contributed by atoms with Crippen LogP contribution in [0, 0.1) is 5.41 Å². The van der Waals surface area contributed by atoms with E-state index in [1.807, 2.05) is 0 Å². The van der Waals surface area contributed by atoms with Crippen molar-refractivity contribution in [3.05, 3.63) is 0 Å². The van der Waals surface area contributed by atoms with Gasteiger partial charge in [0.25, 0.3) is 0 Å². The number of hydrogen-bond acceptors (Lipinski definition) is 3. The minimum Gasteiger partial charge on any atom is -0.396 e. The molecule has 0 aromatic heterocycles. The molecule has 0 amide bonds. The lowest BCUT2D eigenvalue weighted by atomic mass is 9.79. The third kappa shape index (κ3) is 4.44. The first-order chi connectivity index (χ1) is 9.79. The van der Waals surface area contributed by atoms with Gasteiger partial charge in [-0.3, -0.25) is 4.90 Å². The zero-order chi connectivity index (χ0) is 14.3. The van der Waals surface area contributed by atoms with Crippen molar-refractivity contribution in [1.29, 1.82) is 0 Å². The Morgan fingerprint density at radius 1 is 1.15 bits per heavy atom. The number of likely N-dealkylation sites (tertiary alicyclic amines) is 1. The Morgan fingerprint density at radius 2 is 1.90 bits per heavy atom. The monoisotopic (exact) mass is 282 g/mol. The van der Waals surface area contributed by atoms with Crippen LogP contribution < -0.4 is 5.32 Å². The summed E-state index contributed by atoms with van der Waals surface area (Å²) in [6.45, 7) is 4.09. The van der Waals surface area contributed by atoms with Crippen LogP contribution in [0.15, 0.2) is 0 Å². The Morgan fingerprint density at radius 3 is 2.55 bits per heavy atom. The summed E-state index contributed by atoms with van der Waals surface area (Å²) in [5, 5.41) is 12.5. The van der Waals surface area contributed by atoms with Crippen molar-refractivity contribution in [2.75, 3.05) is 33.3 Å². The Bertz CT molecular complexity index is 262. The third-order valence-corrected chi connectivity index (χ3v) is 5.45. The summed E-state index contributed by atoms with van der Waals surface area (Å²) in [5.74, 6) is 0. The van der Waals surface area contributed by atoms with Gasteiger partial charge in [0.2, 0.25) is 0 Å². The first-order valence-electron chi connectivity index (χ1n) is 8.79. The van der Waals surface area contributed by atoms with Gasteiger partial charge >= 0.3 is 0 Å². The molecule has 2 fully saturated rings. The molecule has 0 spiro atoms. The Hall–Kier alpha value is -0.120. The highest BCUT2D eigenvalue weighted by Crippen LogP contribution is 2.37. The molecule has 1 saturated carbocycles. The molecule has 1 heterocycles. The maximum atomic E-state index is 9.08. The SMILES string of the molecule is CNCC1(CN2CCCC2CCCO)CCCCCC1. The van der Waals surface area contributed by atoms with E-state index >= 15 is 0 Å². The van der Waals surface area contributed by atoms with Crippen LogP contribution >= 0.6 is 0 Å². The van der Waals surface area contributed by atoms with Crippen molar-refractivity contribution >= 4 is 0 Å². The second-order valence-corrected chi connectivity index (χ2v) is 7.08.